The van der Waals surface area contributed by atoms with E-state index in [4.69, 9.17) is 0 Å². The first-order valence-corrected chi connectivity index (χ1v) is 7.37. The average molecular weight is 358 g/mol. The molecular formula is C18H12F6O. The van der Waals surface area contributed by atoms with Crippen LogP contribution in [0.1, 0.15) is 30.5 Å². The fraction of sp³-hybridized carbons (Fsp3) is 0.222. The fourth-order valence-electron chi connectivity index (χ4n) is 3.47. The molecule has 0 saturated heterocycles. The van der Waals surface area contributed by atoms with Gasteiger partial charge in [0.25, 0.3) is 0 Å². The molecule has 0 aromatic heterocycles. The maximum atomic E-state index is 15.0. The molecule has 132 valence electrons. The van der Waals surface area contributed by atoms with Crippen LogP contribution in [0.5, 0.6) is 5.75 Å². The van der Waals surface area contributed by atoms with Crippen molar-refractivity contribution in [1.29, 1.82) is 0 Å². The Balaban J connectivity index is 2.51. The molecule has 1 atom stereocenters. The van der Waals surface area contributed by atoms with Gasteiger partial charge in [0.1, 0.15) is 5.75 Å². The van der Waals surface area contributed by atoms with Crippen LogP contribution in [0.4, 0.5) is 26.3 Å². The molecule has 1 unspecified atom stereocenters. The van der Waals surface area contributed by atoms with Crippen LogP contribution < -0.4 is 0 Å². The summed E-state index contributed by atoms with van der Waals surface area (Å²) in [5.41, 5.74) is -4.40. The van der Waals surface area contributed by atoms with Crippen molar-refractivity contribution in [2.75, 3.05) is 0 Å². The standard InChI is InChI=1S/C18H12F6O/c1-7(2)18(8-3-5-9(25)6-4-8)11-10(13(20)17(18)24)12(19)15(22)16(23)14(11)21/h3-7,25H,1-2H3. The van der Waals surface area contributed by atoms with E-state index in [2.05, 4.69) is 0 Å². The molecule has 0 fully saturated rings. The molecule has 2 aromatic carbocycles. The fourth-order valence-corrected chi connectivity index (χ4v) is 3.47. The largest absolute Gasteiger partial charge is 0.508 e. The Morgan fingerprint density at radius 3 is 1.84 bits per heavy atom. The van der Waals surface area contributed by atoms with Crippen LogP contribution in [-0.4, -0.2) is 5.11 Å². The number of hydrogen-bond acceptors (Lipinski definition) is 1. The zero-order valence-corrected chi connectivity index (χ0v) is 13.1. The number of hydrogen-bond donors (Lipinski definition) is 1. The minimum Gasteiger partial charge on any atom is -0.508 e. The maximum absolute atomic E-state index is 15.0. The molecule has 1 aliphatic rings. The Morgan fingerprint density at radius 2 is 1.32 bits per heavy atom. The normalized spacial score (nSPS) is 19.7. The molecule has 0 bridgehead atoms. The first kappa shape index (κ1) is 17.4. The topological polar surface area (TPSA) is 20.2 Å². The molecule has 25 heavy (non-hydrogen) atoms. The van der Waals surface area contributed by atoms with Crippen LogP contribution in [0, 0.1) is 29.2 Å². The number of fused-ring (bicyclic) bond motifs is 1. The molecule has 0 saturated carbocycles. The zero-order valence-electron chi connectivity index (χ0n) is 13.1. The molecule has 1 N–H and O–H groups in total. The highest BCUT2D eigenvalue weighted by atomic mass is 19.2. The zero-order chi connectivity index (χ0) is 18.7. The van der Waals surface area contributed by atoms with E-state index >= 15 is 0 Å². The molecule has 1 aliphatic carbocycles. The first-order valence-electron chi connectivity index (χ1n) is 7.37. The van der Waals surface area contributed by atoms with Gasteiger partial charge < -0.3 is 5.11 Å². The van der Waals surface area contributed by atoms with E-state index in [1.165, 1.54) is 26.0 Å². The molecule has 0 radical (unpaired) electrons. The molecule has 3 rings (SSSR count). The smallest absolute Gasteiger partial charge is 0.198 e. The third-order valence-electron chi connectivity index (χ3n) is 4.61. The monoisotopic (exact) mass is 358 g/mol. The van der Waals surface area contributed by atoms with Crippen LogP contribution in [0.2, 0.25) is 0 Å². The SMILES string of the molecule is CC(C)C1(c2ccc(O)cc2)C(F)=C(F)c2c(F)c(F)c(F)c(F)c21. The number of aromatic hydroxyl groups is 1. The van der Waals surface area contributed by atoms with Crippen LogP contribution in [0.15, 0.2) is 30.1 Å². The Bertz CT molecular complexity index is 901. The van der Waals surface area contributed by atoms with E-state index in [1.807, 2.05) is 0 Å². The Kier molecular flexibility index (Phi) is 3.85. The van der Waals surface area contributed by atoms with Gasteiger partial charge in [-0.25, -0.2) is 26.3 Å². The summed E-state index contributed by atoms with van der Waals surface area (Å²) in [6.07, 6.45) is 0. The number of benzene rings is 2. The lowest BCUT2D eigenvalue weighted by atomic mass is 9.67. The number of allylic oxidation sites excluding steroid dienone is 1. The van der Waals surface area contributed by atoms with Crippen molar-refractivity contribution >= 4 is 5.83 Å². The average Bonchev–Trinajstić information content (AvgIpc) is 2.81. The quantitative estimate of drug-likeness (QED) is 0.426. The third-order valence-corrected chi connectivity index (χ3v) is 4.61. The molecule has 1 nitrogen and oxygen atoms in total. The minimum absolute atomic E-state index is 0.0315. The molecular weight excluding hydrogens is 346 g/mol. The number of halogens is 6. The van der Waals surface area contributed by atoms with Crippen molar-refractivity contribution in [3.05, 3.63) is 70.1 Å². The summed E-state index contributed by atoms with van der Waals surface area (Å²) in [5.74, 6) is -12.6. The Morgan fingerprint density at radius 1 is 0.800 bits per heavy atom. The first-order chi connectivity index (χ1) is 11.7. The summed E-state index contributed by atoms with van der Waals surface area (Å²) < 4.78 is 85.3. The van der Waals surface area contributed by atoms with Gasteiger partial charge >= 0.3 is 0 Å². The highest BCUT2D eigenvalue weighted by Crippen LogP contribution is 2.57. The summed E-state index contributed by atoms with van der Waals surface area (Å²) in [4.78, 5) is 0. The van der Waals surface area contributed by atoms with Gasteiger partial charge in [-0.3, -0.25) is 0 Å². The van der Waals surface area contributed by atoms with E-state index in [9.17, 15) is 31.4 Å². The van der Waals surface area contributed by atoms with E-state index in [-0.39, 0.29) is 11.3 Å². The van der Waals surface area contributed by atoms with Gasteiger partial charge in [0.2, 0.25) is 0 Å². The van der Waals surface area contributed by atoms with Crippen LogP contribution in [0.25, 0.3) is 5.83 Å². The molecule has 7 heteroatoms. The van der Waals surface area contributed by atoms with Gasteiger partial charge in [-0.05, 0) is 23.6 Å². The summed E-state index contributed by atoms with van der Waals surface area (Å²) in [7, 11) is 0. The van der Waals surface area contributed by atoms with E-state index < -0.39 is 57.4 Å². The number of phenolic OH excluding ortho intramolecular Hbond substituents is 1. The second-order valence-corrected chi connectivity index (χ2v) is 6.14. The van der Waals surface area contributed by atoms with Crippen molar-refractivity contribution in [3.63, 3.8) is 0 Å². The summed E-state index contributed by atoms with van der Waals surface area (Å²) >= 11 is 0. The molecule has 0 heterocycles. The molecule has 2 aromatic rings. The lowest BCUT2D eigenvalue weighted by molar-refractivity contribution is 0.336. The number of phenols is 1. The Labute approximate surface area is 139 Å². The third kappa shape index (κ3) is 2.04. The van der Waals surface area contributed by atoms with Crippen LogP contribution >= 0.6 is 0 Å². The van der Waals surface area contributed by atoms with Gasteiger partial charge in [0, 0.05) is 5.56 Å². The van der Waals surface area contributed by atoms with Crippen molar-refractivity contribution in [1.82, 2.24) is 0 Å². The summed E-state index contributed by atoms with van der Waals surface area (Å²) in [6.45, 7) is 2.82. The maximum Gasteiger partial charge on any atom is 0.198 e. The van der Waals surface area contributed by atoms with E-state index in [0.29, 0.717) is 0 Å². The predicted octanol–water partition coefficient (Wildman–Crippen LogP) is 5.51. The highest BCUT2D eigenvalue weighted by molar-refractivity contribution is 5.78. The van der Waals surface area contributed by atoms with Gasteiger partial charge in [0.05, 0.1) is 11.0 Å². The van der Waals surface area contributed by atoms with E-state index in [0.717, 1.165) is 12.1 Å². The second kappa shape index (κ2) is 5.54. The van der Waals surface area contributed by atoms with E-state index in [1.54, 1.807) is 0 Å². The molecule has 0 amide bonds. The lowest BCUT2D eigenvalue weighted by Crippen LogP contribution is -2.34. The molecule has 0 aliphatic heterocycles. The van der Waals surface area contributed by atoms with Gasteiger partial charge in [-0.1, -0.05) is 26.0 Å². The van der Waals surface area contributed by atoms with Gasteiger partial charge in [-0.15, -0.1) is 0 Å². The molecule has 0 spiro atoms. The minimum atomic E-state index is -2.20. The second-order valence-electron chi connectivity index (χ2n) is 6.14. The van der Waals surface area contributed by atoms with Crippen molar-refractivity contribution in [2.45, 2.75) is 19.3 Å². The highest BCUT2D eigenvalue weighted by Gasteiger charge is 2.54. The predicted molar refractivity (Wildman–Crippen MR) is 79.1 cm³/mol. The summed E-state index contributed by atoms with van der Waals surface area (Å²) in [5, 5.41) is 9.39. The van der Waals surface area contributed by atoms with Crippen LogP contribution in [-0.2, 0) is 5.41 Å². The van der Waals surface area contributed by atoms with Crippen molar-refractivity contribution < 1.29 is 31.4 Å². The van der Waals surface area contributed by atoms with Gasteiger partial charge in [-0.2, -0.15) is 0 Å². The van der Waals surface area contributed by atoms with Gasteiger partial charge in [0.15, 0.2) is 34.9 Å². The lowest BCUT2D eigenvalue weighted by Gasteiger charge is -2.35. The van der Waals surface area contributed by atoms with Crippen molar-refractivity contribution in [3.8, 4) is 5.75 Å². The number of rotatable bonds is 2. The summed E-state index contributed by atoms with van der Waals surface area (Å²) in [6, 6.07) is 4.68. The Hall–Kier alpha value is -2.44. The van der Waals surface area contributed by atoms with Crippen molar-refractivity contribution in [2.24, 2.45) is 5.92 Å². The van der Waals surface area contributed by atoms with Crippen LogP contribution in [0.3, 0.4) is 0 Å².